The fourth-order valence-electron chi connectivity index (χ4n) is 0.351. The smallest absolute Gasteiger partial charge is 0.332 e. The van der Waals surface area contributed by atoms with Crippen molar-refractivity contribution in [1.29, 1.82) is 0 Å². The first-order chi connectivity index (χ1) is 4.59. The number of rotatable bonds is 3. The van der Waals surface area contributed by atoms with E-state index in [2.05, 4.69) is 10.0 Å². The average molecular weight is 145 g/mol. The Balaban J connectivity index is 4.06. The van der Waals surface area contributed by atoms with Gasteiger partial charge in [0.1, 0.15) is 0 Å². The molecule has 0 aromatic carbocycles. The van der Waals surface area contributed by atoms with Gasteiger partial charge in [-0.25, -0.2) is 4.79 Å². The van der Waals surface area contributed by atoms with Gasteiger partial charge in [-0.15, -0.1) is 0 Å². The number of carboxylic acid groups (broad SMARTS) is 1. The number of hydrogen-bond acceptors (Lipinski definition) is 3. The van der Waals surface area contributed by atoms with Crippen LogP contribution in [0, 0.1) is 0 Å². The van der Waals surface area contributed by atoms with E-state index in [9.17, 15) is 4.79 Å². The van der Waals surface area contributed by atoms with E-state index in [-0.39, 0.29) is 0 Å². The van der Waals surface area contributed by atoms with Crippen LogP contribution in [0.3, 0.4) is 0 Å². The lowest BCUT2D eigenvalue weighted by molar-refractivity contribution is -0.147. The van der Waals surface area contributed by atoms with Gasteiger partial charge in [-0.05, 0) is 5.53 Å². The van der Waals surface area contributed by atoms with Gasteiger partial charge in [0.15, 0.2) is 6.10 Å². The number of aliphatic carboxylic acids is 1. The Morgan fingerprint density at radius 1 is 1.80 bits per heavy atom. The highest BCUT2D eigenvalue weighted by atomic mass is 16.4. The summed E-state index contributed by atoms with van der Waals surface area (Å²) in [6.07, 6.45) is -1.61. The molecule has 56 valence electrons. The molecule has 0 aromatic rings. The van der Waals surface area contributed by atoms with Crippen LogP contribution in [0.15, 0.2) is 5.11 Å². The molecule has 0 fully saturated rings. The molecular formula is C4H7N3O3. The van der Waals surface area contributed by atoms with Gasteiger partial charge in [-0.3, -0.25) is 0 Å². The summed E-state index contributed by atoms with van der Waals surface area (Å²) in [5, 5.41) is 19.8. The van der Waals surface area contributed by atoms with Gasteiger partial charge in [-0.1, -0.05) is 12.0 Å². The first-order valence-corrected chi connectivity index (χ1v) is 2.54. The summed E-state index contributed by atoms with van der Waals surface area (Å²) >= 11 is 0. The molecule has 0 bridgehead atoms. The largest absolute Gasteiger partial charge is 0.479 e. The van der Waals surface area contributed by atoms with Crippen molar-refractivity contribution >= 4 is 5.97 Å². The van der Waals surface area contributed by atoms with Gasteiger partial charge in [0.2, 0.25) is 0 Å². The molecule has 0 spiro atoms. The molecule has 0 aliphatic heterocycles. The van der Waals surface area contributed by atoms with Crippen LogP contribution >= 0.6 is 0 Å². The van der Waals surface area contributed by atoms with Crippen LogP contribution in [0.4, 0.5) is 0 Å². The summed E-state index contributed by atoms with van der Waals surface area (Å²) < 4.78 is 0. The third-order valence-electron chi connectivity index (χ3n) is 0.944. The summed E-state index contributed by atoms with van der Waals surface area (Å²) in [6.45, 7) is 1.32. The zero-order chi connectivity index (χ0) is 8.15. The summed E-state index contributed by atoms with van der Waals surface area (Å²) in [5.41, 5.74) is 7.82. The lowest BCUT2D eigenvalue weighted by Gasteiger charge is -2.06. The standard InChI is InChI=1S/C4H7N3O3/c1-2(6-7-5)3(8)4(9)10/h2-3,8H,1H3,(H,9,10)/t2-,3-/m0/s1. The quantitative estimate of drug-likeness (QED) is 0.334. The van der Waals surface area contributed by atoms with Gasteiger partial charge < -0.3 is 10.2 Å². The van der Waals surface area contributed by atoms with Gasteiger partial charge >= 0.3 is 5.97 Å². The minimum Gasteiger partial charge on any atom is -0.479 e. The highest BCUT2D eigenvalue weighted by Crippen LogP contribution is 1.97. The second kappa shape index (κ2) is 3.71. The predicted molar refractivity (Wildman–Crippen MR) is 32.3 cm³/mol. The Bertz CT molecular complexity index is 169. The van der Waals surface area contributed by atoms with Crippen molar-refractivity contribution < 1.29 is 15.0 Å². The molecule has 0 amide bonds. The average Bonchev–Trinajstić information content (AvgIpc) is 1.87. The van der Waals surface area contributed by atoms with E-state index in [0.717, 1.165) is 0 Å². The minimum absolute atomic E-state index is 0.928. The lowest BCUT2D eigenvalue weighted by Crippen LogP contribution is -2.29. The number of hydrogen-bond donors (Lipinski definition) is 2. The molecule has 6 nitrogen and oxygen atoms in total. The molecule has 0 aromatic heterocycles. The van der Waals surface area contributed by atoms with Crippen LogP contribution < -0.4 is 0 Å². The van der Waals surface area contributed by atoms with Crippen molar-refractivity contribution in [3.63, 3.8) is 0 Å². The Morgan fingerprint density at radius 3 is 2.60 bits per heavy atom. The van der Waals surface area contributed by atoms with Gasteiger partial charge in [0.05, 0.1) is 6.04 Å². The summed E-state index contributed by atoms with van der Waals surface area (Å²) in [5.74, 6) is -1.39. The Kier molecular flexibility index (Phi) is 3.24. The molecule has 0 heterocycles. The maximum absolute atomic E-state index is 9.98. The Labute approximate surface area is 56.7 Å². The molecule has 0 aliphatic rings. The summed E-state index contributed by atoms with van der Waals surface area (Å²) in [4.78, 5) is 12.3. The molecule has 0 aliphatic carbocycles. The van der Waals surface area contributed by atoms with E-state index in [0.29, 0.717) is 0 Å². The van der Waals surface area contributed by atoms with Crippen molar-refractivity contribution in [1.82, 2.24) is 0 Å². The van der Waals surface area contributed by atoms with Gasteiger partial charge in [0.25, 0.3) is 0 Å². The number of carbonyl (C=O) groups is 1. The normalized spacial score (nSPS) is 15.0. The number of nitrogens with zero attached hydrogens (tertiary/aromatic N) is 3. The number of carboxylic acids is 1. The maximum atomic E-state index is 9.98. The molecule has 0 radical (unpaired) electrons. The monoisotopic (exact) mass is 145 g/mol. The van der Waals surface area contributed by atoms with Crippen LogP contribution in [0.1, 0.15) is 6.92 Å². The third-order valence-corrected chi connectivity index (χ3v) is 0.944. The molecule has 0 rings (SSSR count). The van der Waals surface area contributed by atoms with Crippen LogP contribution in [0.25, 0.3) is 10.4 Å². The van der Waals surface area contributed by atoms with Gasteiger partial charge in [0, 0.05) is 4.91 Å². The first-order valence-electron chi connectivity index (χ1n) is 2.54. The summed E-state index contributed by atoms with van der Waals surface area (Å²) in [7, 11) is 0. The summed E-state index contributed by atoms with van der Waals surface area (Å²) in [6, 6.07) is -0.928. The zero-order valence-electron chi connectivity index (χ0n) is 5.30. The Hall–Kier alpha value is -1.26. The lowest BCUT2D eigenvalue weighted by atomic mass is 10.2. The second-order valence-electron chi connectivity index (χ2n) is 1.73. The fraction of sp³-hybridized carbons (Fsp3) is 0.750. The van der Waals surface area contributed by atoms with Crippen molar-refractivity contribution in [2.75, 3.05) is 0 Å². The van der Waals surface area contributed by atoms with Crippen molar-refractivity contribution in [3.8, 4) is 0 Å². The second-order valence-corrected chi connectivity index (χ2v) is 1.73. The maximum Gasteiger partial charge on any atom is 0.332 e. The Morgan fingerprint density at radius 2 is 2.30 bits per heavy atom. The van der Waals surface area contributed by atoms with Crippen LogP contribution in [-0.2, 0) is 4.79 Å². The van der Waals surface area contributed by atoms with Crippen LogP contribution in [0.5, 0.6) is 0 Å². The molecule has 0 unspecified atom stereocenters. The highest BCUT2D eigenvalue weighted by Gasteiger charge is 2.19. The van der Waals surface area contributed by atoms with Crippen molar-refractivity contribution in [3.05, 3.63) is 10.4 Å². The number of aliphatic hydroxyl groups excluding tert-OH is 1. The van der Waals surface area contributed by atoms with Crippen molar-refractivity contribution in [2.24, 2.45) is 5.11 Å². The van der Waals surface area contributed by atoms with Crippen LogP contribution in [-0.4, -0.2) is 28.3 Å². The van der Waals surface area contributed by atoms with Gasteiger partial charge in [-0.2, -0.15) is 0 Å². The van der Waals surface area contributed by atoms with Crippen molar-refractivity contribution in [2.45, 2.75) is 19.1 Å². The molecule has 10 heavy (non-hydrogen) atoms. The molecule has 0 saturated carbocycles. The van der Waals surface area contributed by atoms with E-state index >= 15 is 0 Å². The highest BCUT2D eigenvalue weighted by molar-refractivity contribution is 5.72. The number of azide groups is 1. The van der Waals surface area contributed by atoms with E-state index < -0.39 is 18.1 Å². The van der Waals surface area contributed by atoms with E-state index in [4.69, 9.17) is 15.7 Å². The SMILES string of the molecule is C[C@H](N=[N+]=[N-])[C@H](O)C(=O)O. The third kappa shape index (κ3) is 2.34. The zero-order valence-corrected chi connectivity index (χ0v) is 5.30. The molecule has 2 N–H and O–H groups in total. The number of aliphatic hydroxyl groups is 1. The molecule has 2 atom stereocenters. The van der Waals surface area contributed by atoms with E-state index in [1.165, 1.54) is 6.92 Å². The molecule has 6 heteroatoms. The first kappa shape index (κ1) is 8.74. The van der Waals surface area contributed by atoms with E-state index in [1.807, 2.05) is 0 Å². The molecular weight excluding hydrogens is 138 g/mol. The fourth-order valence-corrected chi connectivity index (χ4v) is 0.351. The van der Waals surface area contributed by atoms with Crippen LogP contribution in [0.2, 0.25) is 0 Å². The van der Waals surface area contributed by atoms with E-state index in [1.54, 1.807) is 0 Å². The predicted octanol–water partition coefficient (Wildman–Crippen LogP) is 0.131. The minimum atomic E-state index is -1.61. The molecule has 0 saturated heterocycles. The topological polar surface area (TPSA) is 106 Å².